The molecular formula is C17H22N2. The molecule has 0 saturated carbocycles. The number of aryl methyl sites for hydroxylation is 3. The predicted molar refractivity (Wildman–Crippen MR) is 80.4 cm³/mol. The first-order chi connectivity index (χ1) is 9.10. The molecule has 2 heteroatoms. The Morgan fingerprint density at radius 3 is 2.37 bits per heavy atom. The van der Waals surface area contributed by atoms with Crippen LogP contribution < -0.4 is 5.32 Å². The van der Waals surface area contributed by atoms with Gasteiger partial charge in [0.15, 0.2) is 0 Å². The highest BCUT2D eigenvalue weighted by Crippen LogP contribution is 2.21. The minimum atomic E-state index is 0.337. The van der Waals surface area contributed by atoms with Gasteiger partial charge in [0.25, 0.3) is 0 Å². The average Bonchev–Trinajstić information content (AvgIpc) is 2.36. The van der Waals surface area contributed by atoms with E-state index in [1.165, 1.54) is 27.8 Å². The van der Waals surface area contributed by atoms with E-state index in [1.54, 1.807) is 0 Å². The lowest BCUT2D eigenvalue weighted by Gasteiger charge is -2.19. The SMILES string of the molecule is CNC(Cc1cc(C)cc(C)c1)c1ccncc1C. The van der Waals surface area contributed by atoms with Gasteiger partial charge in [-0.25, -0.2) is 0 Å². The molecule has 1 aromatic carbocycles. The Kier molecular flexibility index (Phi) is 4.33. The molecule has 0 radical (unpaired) electrons. The molecule has 0 bridgehead atoms. The van der Waals surface area contributed by atoms with Crippen LogP contribution in [0.5, 0.6) is 0 Å². The molecule has 0 aliphatic carbocycles. The van der Waals surface area contributed by atoms with Gasteiger partial charge in [-0.3, -0.25) is 4.98 Å². The third-order valence-electron chi connectivity index (χ3n) is 3.51. The van der Waals surface area contributed by atoms with Crippen LogP contribution in [-0.2, 0) is 6.42 Å². The molecule has 1 aromatic heterocycles. The van der Waals surface area contributed by atoms with Gasteiger partial charge in [0.2, 0.25) is 0 Å². The van der Waals surface area contributed by atoms with E-state index in [2.05, 4.69) is 55.3 Å². The zero-order valence-corrected chi connectivity index (χ0v) is 12.2. The summed E-state index contributed by atoms with van der Waals surface area (Å²) in [5.74, 6) is 0. The zero-order valence-electron chi connectivity index (χ0n) is 12.2. The molecule has 2 aromatic rings. The van der Waals surface area contributed by atoms with E-state index in [0.29, 0.717) is 6.04 Å². The van der Waals surface area contributed by atoms with Gasteiger partial charge in [-0.2, -0.15) is 0 Å². The van der Waals surface area contributed by atoms with Gasteiger partial charge < -0.3 is 5.32 Å². The van der Waals surface area contributed by atoms with Gasteiger partial charge in [0.05, 0.1) is 0 Å². The molecule has 0 amide bonds. The predicted octanol–water partition coefficient (Wildman–Crippen LogP) is 3.51. The molecule has 100 valence electrons. The highest BCUT2D eigenvalue weighted by atomic mass is 14.9. The van der Waals surface area contributed by atoms with Crippen LogP contribution in [0.25, 0.3) is 0 Å². The number of nitrogens with one attached hydrogen (secondary N) is 1. The Morgan fingerprint density at radius 1 is 1.11 bits per heavy atom. The summed E-state index contributed by atoms with van der Waals surface area (Å²) in [5.41, 5.74) is 6.61. The summed E-state index contributed by atoms with van der Waals surface area (Å²) in [4.78, 5) is 4.17. The number of benzene rings is 1. The van der Waals surface area contributed by atoms with Gasteiger partial charge >= 0.3 is 0 Å². The Balaban J connectivity index is 2.26. The quantitative estimate of drug-likeness (QED) is 0.903. The topological polar surface area (TPSA) is 24.9 Å². The monoisotopic (exact) mass is 254 g/mol. The maximum atomic E-state index is 4.17. The molecule has 0 aliphatic rings. The molecule has 0 fully saturated rings. The van der Waals surface area contributed by atoms with Crippen molar-refractivity contribution in [3.63, 3.8) is 0 Å². The summed E-state index contributed by atoms with van der Waals surface area (Å²) < 4.78 is 0. The Bertz CT molecular complexity index is 541. The van der Waals surface area contributed by atoms with Gasteiger partial charge in [-0.1, -0.05) is 29.3 Å². The van der Waals surface area contributed by atoms with Crippen LogP contribution in [0.4, 0.5) is 0 Å². The van der Waals surface area contributed by atoms with Crippen LogP contribution in [0, 0.1) is 20.8 Å². The molecule has 1 unspecified atom stereocenters. The number of aromatic nitrogens is 1. The highest BCUT2D eigenvalue weighted by Gasteiger charge is 2.12. The second-order valence-electron chi connectivity index (χ2n) is 5.27. The summed E-state index contributed by atoms with van der Waals surface area (Å²) in [7, 11) is 2.02. The largest absolute Gasteiger partial charge is 0.313 e. The summed E-state index contributed by atoms with van der Waals surface area (Å²) in [6.07, 6.45) is 4.80. The number of hydrogen-bond acceptors (Lipinski definition) is 2. The highest BCUT2D eigenvalue weighted by molar-refractivity contribution is 5.32. The summed E-state index contributed by atoms with van der Waals surface area (Å²) >= 11 is 0. The fraction of sp³-hybridized carbons (Fsp3) is 0.353. The van der Waals surface area contributed by atoms with Crippen molar-refractivity contribution in [3.8, 4) is 0 Å². The Hall–Kier alpha value is -1.67. The van der Waals surface area contributed by atoms with Gasteiger partial charge in [-0.15, -0.1) is 0 Å². The average molecular weight is 254 g/mol. The van der Waals surface area contributed by atoms with Crippen molar-refractivity contribution in [1.29, 1.82) is 0 Å². The lowest BCUT2D eigenvalue weighted by molar-refractivity contribution is 0.588. The van der Waals surface area contributed by atoms with Crippen LogP contribution >= 0.6 is 0 Å². The summed E-state index contributed by atoms with van der Waals surface area (Å²) in [6.45, 7) is 6.43. The summed E-state index contributed by atoms with van der Waals surface area (Å²) in [6, 6.07) is 9.21. The summed E-state index contributed by atoms with van der Waals surface area (Å²) in [5, 5.41) is 3.42. The molecule has 0 spiro atoms. The fourth-order valence-corrected chi connectivity index (χ4v) is 2.67. The number of hydrogen-bond donors (Lipinski definition) is 1. The number of likely N-dealkylation sites (N-methyl/N-ethyl adjacent to an activating group) is 1. The molecular weight excluding hydrogens is 232 g/mol. The van der Waals surface area contributed by atoms with Crippen molar-refractivity contribution >= 4 is 0 Å². The molecule has 0 aliphatic heterocycles. The first-order valence-electron chi connectivity index (χ1n) is 6.75. The lowest BCUT2D eigenvalue weighted by atomic mass is 9.95. The molecule has 0 saturated heterocycles. The maximum Gasteiger partial charge on any atom is 0.0362 e. The minimum Gasteiger partial charge on any atom is -0.313 e. The molecule has 19 heavy (non-hydrogen) atoms. The maximum absolute atomic E-state index is 4.17. The van der Waals surface area contributed by atoms with Crippen molar-refractivity contribution in [2.75, 3.05) is 7.05 Å². The molecule has 2 nitrogen and oxygen atoms in total. The van der Waals surface area contributed by atoms with E-state index < -0.39 is 0 Å². The minimum absolute atomic E-state index is 0.337. The normalized spacial score (nSPS) is 12.4. The second-order valence-corrected chi connectivity index (χ2v) is 5.27. The van der Waals surface area contributed by atoms with Crippen molar-refractivity contribution < 1.29 is 0 Å². The van der Waals surface area contributed by atoms with Crippen molar-refractivity contribution in [2.45, 2.75) is 33.2 Å². The molecule has 1 N–H and O–H groups in total. The molecule has 2 rings (SSSR count). The standard InChI is InChI=1S/C17H22N2/c1-12-7-13(2)9-15(8-12)10-17(18-4)16-5-6-19-11-14(16)3/h5-9,11,17-18H,10H2,1-4H3. The van der Waals surface area contributed by atoms with Crippen molar-refractivity contribution in [3.05, 3.63) is 64.5 Å². The third kappa shape index (κ3) is 3.42. The van der Waals surface area contributed by atoms with E-state index in [-0.39, 0.29) is 0 Å². The van der Waals surface area contributed by atoms with Crippen LogP contribution in [-0.4, -0.2) is 12.0 Å². The first kappa shape index (κ1) is 13.8. The zero-order chi connectivity index (χ0) is 13.8. The number of nitrogens with zero attached hydrogens (tertiary/aromatic N) is 1. The number of rotatable bonds is 4. The van der Waals surface area contributed by atoms with Gasteiger partial charge in [0.1, 0.15) is 0 Å². The van der Waals surface area contributed by atoms with Gasteiger partial charge in [0, 0.05) is 18.4 Å². The lowest BCUT2D eigenvalue weighted by Crippen LogP contribution is -2.20. The van der Waals surface area contributed by atoms with Crippen LogP contribution in [0.1, 0.15) is 33.9 Å². The van der Waals surface area contributed by atoms with Crippen LogP contribution in [0.3, 0.4) is 0 Å². The van der Waals surface area contributed by atoms with E-state index in [1.807, 2.05) is 19.4 Å². The molecule has 1 atom stereocenters. The Morgan fingerprint density at radius 2 is 1.79 bits per heavy atom. The fourth-order valence-electron chi connectivity index (χ4n) is 2.67. The van der Waals surface area contributed by atoms with E-state index in [9.17, 15) is 0 Å². The smallest absolute Gasteiger partial charge is 0.0362 e. The van der Waals surface area contributed by atoms with Crippen LogP contribution in [0.2, 0.25) is 0 Å². The van der Waals surface area contributed by atoms with Crippen molar-refractivity contribution in [2.24, 2.45) is 0 Å². The molecule has 1 heterocycles. The van der Waals surface area contributed by atoms with E-state index in [0.717, 1.165) is 6.42 Å². The number of pyridine rings is 1. The van der Waals surface area contributed by atoms with Crippen LogP contribution in [0.15, 0.2) is 36.7 Å². The van der Waals surface area contributed by atoms with E-state index in [4.69, 9.17) is 0 Å². The third-order valence-corrected chi connectivity index (χ3v) is 3.51. The van der Waals surface area contributed by atoms with Crippen molar-refractivity contribution in [1.82, 2.24) is 10.3 Å². The van der Waals surface area contributed by atoms with Gasteiger partial charge in [-0.05, 0) is 57.0 Å². The second kappa shape index (κ2) is 5.98. The first-order valence-corrected chi connectivity index (χ1v) is 6.75. The Labute approximate surface area is 115 Å². The van der Waals surface area contributed by atoms with E-state index >= 15 is 0 Å².